The summed E-state index contributed by atoms with van der Waals surface area (Å²) in [5.41, 5.74) is 2.47. The third-order valence-corrected chi connectivity index (χ3v) is 7.12. The topological polar surface area (TPSA) is 86.8 Å². The first kappa shape index (κ1) is 25.5. The third kappa shape index (κ3) is 5.41. The number of anilines is 2. The number of amides is 2. The van der Waals surface area contributed by atoms with Gasteiger partial charge in [0.1, 0.15) is 23.4 Å². The number of hydrogen-bond acceptors (Lipinski definition) is 6. The SMILES string of the molecule is COc1ccccc1-c1ccc(C(=O)N[C@H]2CCCCNC2=O)c(N2CCN(c3ccccc3F)CC2)n1. The molecule has 1 atom stereocenters. The van der Waals surface area contributed by atoms with Crippen LogP contribution in [0.1, 0.15) is 29.6 Å². The lowest BCUT2D eigenvalue weighted by Crippen LogP contribution is -2.48. The zero-order valence-electron chi connectivity index (χ0n) is 21.5. The Morgan fingerprint density at radius 1 is 1.00 bits per heavy atom. The van der Waals surface area contributed by atoms with Gasteiger partial charge < -0.3 is 25.2 Å². The van der Waals surface area contributed by atoms with Crippen molar-refractivity contribution in [1.82, 2.24) is 15.6 Å². The summed E-state index contributed by atoms with van der Waals surface area (Å²) >= 11 is 0. The molecule has 9 heteroatoms. The third-order valence-electron chi connectivity index (χ3n) is 7.12. The molecule has 5 rings (SSSR count). The van der Waals surface area contributed by atoms with Gasteiger partial charge in [-0.25, -0.2) is 9.37 Å². The highest BCUT2D eigenvalue weighted by molar-refractivity contribution is 6.01. The zero-order valence-corrected chi connectivity index (χ0v) is 21.5. The Hall–Kier alpha value is -4.14. The van der Waals surface area contributed by atoms with E-state index in [9.17, 15) is 14.0 Å². The van der Waals surface area contributed by atoms with Crippen LogP contribution in [0.4, 0.5) is 15.9 Å². The number of para-hydroxylation sites is 2. The molecule has 3 aromatic rings. The van der Waals surface area contributed by atoms with Crippen LogP contribution in [0.25, 0.3) is 11.3 Å². The van der Waals surface area contributed by atoms with Crippen LogP contribution in [0.15, 0.2) is 60.7 Å². The molecule has 2 aromatic carbocycles. The molecule has 2 aliphatic heterocycles. The molecule has 8 nitrogen and oxygen atoms in total. The van der Waals surface area contributed by atoms with Gasteiger partial charge in [0, 0.05) is 38.3 Å². The summed E-state index contributed by atoms with van der Waals surface area (Å²) in [5, 5.41) is 5.79. The fraction of sp³-hybridized carbons (Fsp3) is 0.345. The Kier molecular flexibility index (Phi) is 7.72. The van der Waals surface area contributed by atoms with Gasteiger partial charge in [0.15, 0.2) is 0 Å². The van der Waals surface area contributed by atoms with Gasteiger partial charge in [0.05, 0.1) is 24.1 Å². The van der Waals surface area contributed by atoms with Gasteiger partial charge in [-0.3, -0.25) is 9.59 Å². The van der Waals surface area contributed by atoms with E-state index < -0.39 is 6.04 Å². The summed E-state index contributed by atoms with van der Waals surface area (Å²) in [6, 6.07) is 17.3. The Morgan fingerprint density at radius 3 is 2.53 bits per heavy atom. The Balaban J connectivity index is 1.45. The quantitative estimate of drug-likeness (QED) is 0.520. The van der Waals surface area contributed by atoms with Gasteiger partial charge in [-0.1, -0.05) is 24.3 Å². The minimum absolute atomic E-state index is 0.158. The number of piperazine rings is 1. The first-order valence-corrected chi connectivity index (χ1v) is 13.0. The maximum atomic E-state index is 14.4. The number of nitrogens with zero attached hydrogens (tertiary/aromatic N) is 3. The molecule has 198 valence electrons. The van der Waals surface area contributed by atoms with Gasteiger partial charge in [-0.05, 0) is 55.7 Å². The number of aromatic nitrogens is 1. The Labute approximate surface area is 221 Å². The average molecular weight is 518 g/mol. The van der Waals surface area contributed by atoms with Crippen molar-refractivity contribution in [1.29, 1.82) is 0 Å². The maximum Gasteiger partial charge on any atom is 0.255 e. The number of halogens is 1. The van der Waals surface area contributed by atoms with Crippen LogP contribution < -0.4 is 25.2 Å². The molecule has 2 aliphatic rings. The van der Waals surface area contributed by atoms with Crippen molar-refractivity contribution in [3.63, 3.8) is 0 Å². The molecule has 1 aromatic heterocycles. The van der Waals surface area contributed by atoms with Gasteiger partial charge in [0.25, 0.3) is 5.91 Å². The van der Waals surface area contributed by atoms with Crippen molar-refractivity contribution < 1.29 is 18.7 Å². The van der Waals surface area contributed by atoms with Crippen LogP contribution in [-0.2, 0) is 4.79 Å². The highest BCUT2D eigenvalue weighted by atomic mass is 19.1. The average Bonchev–Trinajstić information content (AvgIpc) is 3.16. The highest BCUT2D eigenvalue weighted by Crippen LogP contribution is 2.32. The predicted molar refractivity (Wildman–Crippen MR) is 145 cm³/mol. The summed E-state index contributed by atoms with van der Waals surface area (Å²) in [4.78, 5) is 35.0. The summed E-state index contributed by atoms with van der Waals surface area (Å²) in [6.45, 7) is 2.89. The lowest BCUT2D eigenvalue weighted by Gasteiger charge is -2.37. The van der Waals surface area contributed by atoms with Crippen molar-refractivity contribution in [2.45, 2.75) is 25.3 Å². The summed E-state index contributed by atoms with van der Waals surface area (Å²) in [7, 11) is 1.61. The van der Waals surface area contributed by atoms with Crippen LogP contribution in [-0.4, -0.2) is 62.7 Å². The monoisotopic (exact) mass is 517 g/mol. The second kappa shape index (κ2) is 11.5. The number of nitrogens with one attached hydrogen (secondary N) is 2. The molecule has 2 fully saturated rings. The normalized spacial score (nSPS) is 17.9. The lowest BCUT2D eigenvalue weighted by atomic mass is 10.1. The first-order chi connectivity index (χ1) is 18.5. The van der Waals surface area contributed by atoms with E-state index in [1.165, 1.54) is 6.07 Å². The van der Waals surface area contributed by atoms with E-state index in [0.29, 0.717) is 67.7 Å². The van der Waals surface area contributed by atoms with Gasteiger partial charge in [-0.2, -0.15) is 0 Å². The van der Waals surface area contributed by atoms with Crippen molar-refractivity contribution in [2.24, 2.45) is 0 Å². The molecule has 0 aliphatic carbocycles. The second-order valence-electron chi connectivity index (χ2n) is 9.51. The van der Waals surface area contributed by atoms with Gasteiger partial charge >= 0.3 is 0 Å². The molecule has 3 heterocycles. The molecule has 0 spiro atoms. The highest BCUT2D eigenvalue weighted by Gasteiger charge is 2.28. The van der Waals surface area contributed by atoms with Crippen molar-refractivity contribution in [2.75, 3.05) is 49.6 Å². The number of benzene rings is 2. The van der Waals surface area contributed by atoms with Crippen LogP contribution >= 0.6 is 0 Å². The summed E-state index contributed by atoms with van der Waals surface area (Å²) in [6.07, 6.45) is 2.35. The summed E-state index contributed by atoms with van der Waals surface area (Å²) in [5.74, 6) is 0.474. The zero-order chi connectivity index (χ0) is 26.5. The molecule has 0 bridgehead atoms. The van der Waals surface area contributed by atoms with Crippen molar-refractivity contribution >= 4 is 23.3 Å². The first-order valence-electron chi connectivity index (χ1n) is 13.0. The number of carbonyl (C=O) groups excluding carboxylic acids is 2. The molecular weight excluding hydrogens is 485 g/mol. The lowest BCUT2D eigenvalue weighted by molar-refractivity contribution is -0.122. The largest absolute Gasteiger partial charge is 0.496 e. The summed E-state index contributed by atoms with van der Waals surface area (Å²) < 4.78 is 19.9. The molecule has 2 N–H and O–H groups in total. The minimum Gasteiger partial charge on any atom is -0.496 e. The number of hydrogen-bond donors (Lipinski definition) is 2. The van der Waals surface area contributed by atoms with E-state index in [4.69, 9.17) is 9.72 Å². The van der Waals surface area contributed by atoms with E-state index in [2.05, 4.69) is 15.5 Å². The standard InChI is InChI=1S/C29H32FN5O3/c1-38-26-12-5-2-8-20(26)23-14-13-21(28(36)33-24-10-6-7-15-31-29(24)37)27(32-23)35-18-16-34(17-19-35)25-11-4-3-9-22(25)30/h2-5,8-9,11-14,24H,6-7,10,15-19H2,1H3,(H,31,37)(H,33,36)/t24-/m0/s1. The Bertz CT molecular complexity index is 1310. The van der Waals surface area contributed by atoms with E-state index in [1.807, 2.05) is 35.2 Å². The van der Waals surface area contributed by atoms with Crippen molar-refractivity contribution in [3.8, 4) is 17.0 Å². The second-order valence-corrected chi connectivity index (χ2v) is 9.51. The minimum atomic E-state index is -0.579. The molecule has 0 unspecified atom stereocenters. The number of rotatable bonds is 6. The van der Waals surface area contributed by atoms with Crippen LogP contribution in [0, 0.1) is 5.82 Å². The molecule has 0 radical (unpaired) electrons. The number of methoxy groups -OCH3 is 1. The van der Waals surface area contributed by atoms with Gasteiger partial charge in [-0.15, -0.1) is 0 Å². The number of pyridine rings is 1. The maximum absolute atomic E-state index is 14.4. The molecule has 0 saturated carbocycles. The Morgan fingerprint density at radius 2 is 1.74 bits per heavy atom. The van der Waals surface area contributed by atoms with E-state index >= 15 is 0 Å². The molecule has 2 saturated heterocycles. The van der Waals surface area contributed by atoms with Crippen LogP contribution in [0.3, 0.4) is 0 Å². The van der Waals surface area contributed by atoms with Crippen LogP contribution in [0.2, 0.25) is 0 Å². The van der Waals surface area contributed by atoms with E-state index in [1.54, 1.807) is 31.4 Å². The van der Waals surface area contributed by atoms with E-state index in [-0.39, 0.29) is 17.6 Å². The predicted octanol–water partition coefficient (Wildman–Crippen LogP) is 3.62. The smallest absolute Gasteiger partial charge is 0.255 e. The van der Waals surface area contributed by atoms with Crippen LogP contribution in [0.5, 0.6) is 5.75 Å². The molecule has 38 heavy (non-hydrogen) atoms. The van der Waals surface area contributed by atoms with Crippen molar-refractivity contribution in [3.05, 3.63) is 72.0 Å². The fourth-order valence-corrected chi connectivity index (χ4v) is 5.05. The number of carbonyl (C=O) groups is 2. The molecule has 2 amide bonds. The fourth-order valence-electron chi connectivity index (χ4n) is 5.05. The number of ether oxygens (including phenoxy) is 1. The molecular formula is C29H32FN5O3. The van der Waals surface area contributed by atoms with Gasteiger partial charge in [0.2, 0.25) is 5.91 Å². The van der Waals surface area contributed by atoms with E-state index in [0.717, 1.165) is 18.4 Å².